The highest BCUT2D eigenvalue weighted by molar-refractivity contribution is 9.10. The van der Waals surface area contributed by atoms with Crippen LogP contribution in [0.25, 0.3) is 0 Å². The smallest absolute Gasteiger partial charge is 0.125 e. The number of ether oxygens (including phenoxy) is 2. The van der Waals surface area contributed by atoms with Gasteiger partial charge in [0.2, 0.25) is 0 Å². The zero-order valence-electron chi connectivity index (χ0n) is 11.5. The van der Waals surface area contributed by atoms with Crippen LogP contribution in [0.4, 0.5) is 0 Å². The van der Waals surface area contributed by atoms with Gasteiger partial charge in [-0.15, -0.1) is 0 Å². The van der Waals surface area contributed by atoms with Crippen molar-refractivity contribution in [3.8, 4) is 11.5 Å². The number of hydrogen-bond donors (Lipinski definition) is 1. The van der Waals surface area contributed by atoms with Crippen LogP contribution in [0.15, 0.2) is 46.9 Å². The molecule has 0 amide bonds. The van der Waals surface area contributed by atoms with Gasteiger partial charge in [-0.3, -0.25) is 0 Å². The van der Waals surface area contributed by atoms with E-state index in [-0.39, 0.29) is 0 Å². The second-order valence-electron chi connectivity index (χ2n) is 4.42. The van der Waals surface area contributed by atoms with Crippen LogP contribution in [0.5, 0.6) is 11.5 Å². The molecule has 4 heteroatoms. The lowest BCUT2D eigenvalue weighted by atomic mass is 10.00. The van der Waals surface area contributed by atoms with Crippen LogP contribution in [0.1, 0.15) is 17.2 Å². The molecule has 106 valence electrons. The summed E-state index contributed by atoms with van der Waals surface area (Å²) in [7, 11) is 3.23. The molecule has 20 heavy (non-hydrogen) atoms. The summed E-state index contributed by atoms with van der Waals surface area (Å²) >= 11 is 3.39. The first-order valence-electron chi connectivity index (χ1n) is 6.29. The average molecular weight is 337 g/mol. The molecule has 1 atom stereocenters. The summed E-state index contributed by atoms with van der Waals surface area (Å²) in [5.41, 5.74) is 1.73. The fourth-order valence-electron chi connectivity index (χ4n) is 2.15. The summed E-state index contributed by atoms with van der Waals surface area (Å²) in [4.78, 5) is 0. The van der Waals surface area contributed by atoms with Crippen LogP contribution in [0, 0.1) is 0 Å². The first-order chi connectivity index (χ1) is 9.65. The molecule has 0 heterocycles. The van der Waals surface area contributed by atoms with Crippen molar-refractivity contribution in [2.45, 2.75) is 12.5 Å². The average Bonchev–Trinajstić information content (AvgIpc) is 2.47. The monoisotopic (exact) mass is 336 g/mol. The lowest BCUT2D eigenvalue weighted by molar-refractivity contribution is 0.173. The molecular weight excluding hydrogens is 320 g/mol. The Morgan fingerprint density at radius 2 is 1.75 bits per heavy atom. The Balaban J connectivity index is 2.26. The maximum atomic E-state index is 10.4. The van der Waals surface area contributed by atoms with Crippen molar-refractivity contribution in [1.82, 2.24) is 0 Å². The Kier molecular flexibility index (Phi) is 5.04. The van der Waals surface area contributed by atoms with Crippen molar-refractivity contribution in [3.63, 3.8) is 0 Å². The van der Waals surface area contributed by atoms with E-state index in [9.17, 15) is 5.11 Å². The normalized spacial score (nSPS) is 12.0. The van der Waals surface area contributed by atoms with Gasteiger partial charge in [-0.1, -0.05) is 40.2 Å². The molecule has 0 fully saturated rings. The summed E-state index contributed by atoms with van der Waals surface area (Å²) in [5.74, 6) is 1.45. The molecule has 2 rings (SSSR count). The van der Waals surface area contributed by atoms with Crippen LogP contribution < -0.4 is 9.47 Å². The van der Waals surface area contributed by atoms with Crippen LogP contribution in [0.3, 0.4) is 0 Å². The van der Waals surface area contributed by atoms with E-state index in [0.717, 1.165) is 21.3 Å². The first kappa shape index (κ1) is 14.9. The van der Waals surface area contributed by atoms with Gasteiger partial charge in [-0.2, -0.15) is 0 Å². The van der Waals surface area contributed by atoms with E-state index < -0.39 is 6.10 Å². The number of benzene rings is 2. The van der Waals surface area contributed by atoms with Crippen LogP contribution in [0.2, 0.25) is 0 Å². The molecule has 0 aromatic heterocycles. The first-order valence-corrected chi connectivity index (χ1v) is 7.08. The number of halogens is 1. The largest absolute Gasteiger partial charge is 0.496 e. The molecular formula is C16H17BrO3. The zero-order valence-corrected chi connectivity index (χ0v) is 13.1. The van der Waals surface area contributed by atoms with E-state index in [4.69, 9.17) is 9.47 Å². The molecule has 0 spiro atoms. The van der Waals surface area contributed by atoms with Crippen molar-refractivity contribution >= 4 is 15.9 Å². The number of rotatable bonds is 5. The van der Waals surface area contributed by atoms with Gasteiger partial charge in [0.05, 0.1) is 20.3 Å². The van der Waals surface area contributed by atoms with Gasteiger partial charge in [0.1, 0.15) is 11.5 Å². The number of methoxy groups -OCH3 is 2. The summed E-state index contributed by atoms with van der Waals surface area (Å²) in [6.45, 7) is 0. The maximum Gasteiger partial charge on any atom is 0.125 e. The minimum Gasteiger partial charge on any atom is -0.496 e. The fourth-order valence-corrected chi connectivity index (χ4v) is 2.49. The zero-order chi connectivity index (χ0) is 14.5. The van der Waals surface area contributed by atoms with E-state index in [1.165, 1.54) is 0 Å². The van der Waals surface area contributed by atoms with Crippen molar-refractivity contribution in [3.05, 3.63) is 58.1 Å². The van der Waals surface area contributed by atoms with Crippen molar-refractivity contribution in [1.29, 1.82) is 0 Å². The van der Waals surface area contributed by atoms with E-state index in [1.807, 2.05) is 42.5 Å². The molecule has 0 saturated heterocycles. The molecule has 0 saturated carbocycles. The number of para-hydroxylation sites is 1. The molecule has 1 N–H and O–H groups in total. The molecule has 0 aliphatic heterocycles. The number of aliphatic hydroxyl groups excluding tert-OH is 1. The fraction of sp³-hybridized carbons (Fsp3) is 0.250. The standard InChI is InChI=1S/C16H17BrO3/c1-19-15-6-4-3-5-11(15)9-14(18)13-8-7-12(17)10-16(13)20-2/h3-8,10,14,18H,9H2,1-2H3. The summed E-state index contributed by atoms with van der Waals surface area (Å²) in [5, 5.41) is 10.4. The lowest BCUT2D eigenvalue weighted by Gasteiger charge is -2.16. The van der Waals surface area contributed by atoms with Crippen LogP contribution >= 0.6 is 15.9 Å². The van der Waals surface area contributed by atoms with Gasteiger partial charge in [0.25, 0.3) is 0 Å². The maximum absolute atomic E-state index is 10.4. The van der Waals surface area contributed by atoms with Gasteiger partial charge in [-0.25, -0.2) is 0 Å². The van der Waals surface area contributed by atoms with Crippen molar-refractivity contribution in [2.75, 3.05) is 14.2 Å². The van der Waals surface area contributed by atoms with E-state index in [2.05, 4.69) is 15.9 Å². The molecule has 0 bridgehead atoms. The summed E-state index contributed by atoms with van der Waals surface area (Å²) in [6.07, 6.45) is -0.170. The third kappa shape index (κ3) is 3.32. The van der Waals surface area contributed by atoms with Crippen molar-refractivity contribution in [2.24, 2.45) is 0 Å². The van der Waals surface area contributed by atoms with Gasteiger partial charge in [0.15, 0.2) is 0 Å². The van der Waals surface area contributed by atoms with Crippen molar-refractivity contribution < 1.29 is 14.6 Å². The molecule has 3 nitrogen and oxygen atoms in total. The third-order valence-electron chi connectivity index (χ3n) is 3.16. The van der Waals surface area contributed by atoms with E-state index in [1.54, 1.807) is 14.2 Å². The second kappa shape index (κ2) is 6.77. The predicted molar refractivity (Wildman–Crippen MR) is 82.4 cm³/mol. The van der Waals surface area contributed by atoms with Gasteiger partial charge >= 0.3 is 0 Å². The minimum absolute atomic E-state index is 0.474. The van der Waals surface area contributed by atoms with E-state index >= 15 is 0 Å². The van der Waals surface area contributed by atoms with Gasteiger partial charge in [-0.05, 0) is 23.8 Å². The highest BCUT2D eigenvalue weighted by atomic mass is 79.9. The predicted octanol–water partition coefficient (Wildman–Crippen LogP) is 3.74. The Hall–Kier alpha value is -1.52. The molecule has 0 aliphatic carbocycles. The highest BCUT2D eigenvalue weighted by Gasteiger charge is 2.16. The van der Waals surface area contributed by atoms with E-state index in [0.29, 0.717) is 12.2 Å². The SMILES string of the molecule is COc1ccccc1CC(O)c1ccc(Br)cc1OC. The molecule has 2 aromatic rings. The second-order valence-corrected chi connectivity index (χ2v) is 5.33. The topological polar surface area (TPSA) is 38.7 Å². The third-order valence-corrected chi connectivity index (χ3v) is 3.65. The lowest BCUT2D eigenvalue weighted by Crippen LogP contribution is -2.05. The quantitative estimate of drug-likeness (QED) is 0.903. The molecule has 2 aromatic carbocycles. The molecule has 0 radical (unpaired) electrons. The molecule has 0 aliphatic rings. The molecule has 1 unspecified atom stereocenters. The Morgan fingerprint density at radius 3 is 2.45 bits per heavy atom. The summed E-state index contributed by atoms with van der Waals surface area (Å²) < 4.78 is 11.5. The minimum atomic E-state index is -0.644. The summed E-state index contributed by atoms with van der Waals surface area (Å²) in [6, 6.07) is 13.3. The van der Waals surface area contributed by atoms with Crippen LogP contribution in [-0.2, 0) is 6.42 Å². The highest BCUT2D eigenvalue weighted by Crippen LogP contribution is 2.32. The number of hydrogen-bond acceptors (Lipinski definition) is 3. The Bertz CT molecular complexity index is 584. The van der Waals surface area contributed by atoms with Crippen LogP contribution in [-0.4, -0.2) is 19.3 Å². The number of aliphatic hydroxyl groups is 1. The van der Waals surface area contributed by atoms with Gasteiger partial charge in [0, 0.05) is 16.5 Å². The Labute approximate surface area is 127 Å². The van der Waals surface area contributed by atoms with Gasteiger partial charge < -0.3 is 14.6 Å². The Morgan fingerprint density at radius 1 is 1.05 bits per heavy atom.